The average Bonchev–Trinajstić information content (AvgIpc) is 3.40. The molecule has 0 aliphatic carbocycles. The molecular formula is C18H23N3O4S2. The van der Waals surface area contributed by atoms with Gasteiger partial charge in [-0.3, -0.25) is 9.59 Å². The van der Waals surface area contributed by atoms with Crippen LogP contribution < -0.4 is 5.32 Å². The average molecular weight is 410 g/mol. The van der Waals surface area contributed by atoms with E-state index in [2.05, 4.69) is 10.3 Å². The normalized spacial score (nSPS) is 19.1. The van der Waals surface area contributed by atoms with Gasteiger partial charge in [-0.1, -0.05) is 6.07 Å². The van der Waals surface area contributed by atoms with Crippen molar-refractivity contribution in [3.8, 4) is 0 Å². The number of rotatable bonds is 7. The second-order valence-corrected chi connectivity index (χ2v) is 8.45. The van der Waals surface area contributed by atoms with Gasteiger partial charge >= 0.3 is 0 Å². The number of aliphatic hydroxyl groups is 2. The fourth-order valence-electron chi connectivity index (χ4n) is 3.13. The lowest BCUT2D eigenvalue weighted by Gasteiger charge is -2.27. The van der Waals surface area contributed by atoms with Crippen LogP contribution in [0.15, 0.2) is 22.9 Å². The zero-order valence-corrected chi connectivity index (χ0v) is 16.6. The van der Waals surface area contributed by atoms with Gasteiger partial charge in [0.2, 0.25) is 0 Å². The molecule has 1 fully saturated rings. The highest BCUT2D eigenvalue weighted by Crippen LogP contribution is 2.34. The van der Waals surface area contributed by atoms with Crippen molar-refractivity contribution in [3.63, 3.8) is 0 Å². The number of nitrogens with zero attached hydrogens (tertiary/aromatic N) is 2. The number of aromatic nitrogens is 1. The van der Waals surface area contributed by atoms with E-state index in [-0.39, 0.29) is 6.04 Å². The van der Waals surface area contributed by atoms with Crippen molar-refractivity contribution in [2.24, 2.45) is 0 Å². The van der Waals surface area contributed by atoms with E-state index in [9.17, 15) is 19.8 Å². The summed E-state index contributed by atoms with van der Waals surface area (Å²) in [4.78, 5) is 31.8. The highest BCUT2D eigenvalue weighted by molar-refractivity contribution is 7.10. The van der Waals surface area contributed by atoms with E-state index in [4.69, 9.17) is 0 Å². The minimum absolute atomic E-state index is 0.208. The van der Waals surface area contributed by atoms with Crippen molar-refractivity contribution >= 4 is 34.5 Å². The number of carbonyl (C=O) groups is 2. The number of nitrogens with one attached hydrogen (secondary N) is 1. The smallest absolute Gasteiger partial charge is 0.255 e. The molecular weight excluding hydrogens is 386 g/mol. The Balaban J connectivity index is 1.55. The summed E-state index contributed by atoms with van der Waals surface area (Å²) < 4.78 is 0. The third-order valence-electron chi connectivity index (χ3n) is 4.53. The minimum atomic E-state index is -1.79. The molecule has 3 N–H and O–H groups in total. The highest BCUT2D eigenvalue weighted by Gasteiger charge is 2.39. The summed E-state index contributed by atoms with van der Waals surface area (Å²) >= 11 is 3.06. The molecule has 146 valence electrons. The van der Waals surface area contributed by atoms with Crippen molar-refractivity contribution in [2.75, 3.05) is 13.1 Å². The fraction of sp³-hybridized carbons (Fsp3) is 0.500. The van der Waals surface area contributed by atoms with E-state index < -0.39 is 24.0 Å². The first-order chi connectivity index (χ1) is 13.0. The van der Waals surface area contributed by atoms with Gasteiger partial charge in [0.1, 0.15) is 5.01 Å². The molecule has 3 atom stereocenters. The third-order valence-corrected chi connectivity index (χ3v) is 6.53. The van der Waals surface area contributed by atoms with Crippen LogP contribution in [0.3, 0.4) is 0 Å². The SMILES string of the molecule is Cc1csc([C@H]2CCCN2C(=O)[C@H](O)[C@@H](O)C(=O)NCCc2cccs2)n1. The number of thiophene rings is 1. The van der Waals surface area contributed by atoms with Gasteiger partial charge in [0.25, 0.3) is 11.8 Å². The second-order valence-electron chi connectivity index (χ2n) is 6.53. The maximum atomic E-state index is 12.7. The molecule has 2 amide bonds. The number of aryl methyl sites for hydroxylation is 1. The summed E-state index contributed by atoms with van der Waals surface area (Å²) in [6.07, 6.45) is -1.38. The summed E-state index contributed by atoms with van der Waals surface area (Å²) in [6.45, 7) is 2.70. The molecule has 27 heavy (non-hydrogen) atoms. The van der Waals surface area contributed by atoms with Crippen LogP contribution in [0.4, 0.5) is 0 Å². The van der Waals surface area contributed by atoms with Gasteiger partial charge in [-0.25, -0.2) is 4.98 Å². The van der Waals surface area contributed by atoms with E-state index >= 15 is 0 Å². The Hall–Kier alpha value is -1.81. The van der Waals surface area contributed by atoms with E-state index in [1.165, 1.54) is 16.2 Å². The molecule has 2 aromatic rings. The van der Waals surface area contributed by atoms with Crippen LogP contribution in [-0.2, 0) is 16.0 Å². The number of carbonyl (C=O) groups excluding carboxylic acids is 2. The topological polar surface area (TPSA) is 103 Å². The van der Waals surface area contributed by atoms with Crippen molar-refractivity contribution in [1.29, 1.82) is 0 Å². The van der Waals surface area contributed by atoms with Gasteiger partial charge in [0.05, 0.1) is 6.04 Å². The Bertz CT molecular complexity index is 777. The van der Waals surface area contributed by atoms with Gasteiger partial charge in [0.15, 0.2) is 12.2 Å². The molecule has 0 saturated carbocycles. The Labute approximate surface area is 165 Å². The van der Waals surface area contributed by atoms with Gasteiger partial charge in [0, 0.05) is 29.0 Å². The van der Waals surface area contributed by atoms with Crippen LogP contribution in [-0.4, -0.2) is 57.2 Å². The lowest BCUT2D eigenvalue weighted by atomic mass is 10.1. The number of likely N-dealkylation sites (tertiary alicyclic amines) is 1. The summed E-state index contributed by atoms with van der Waals surface area (Å²) in [5.41, 5.74) is 0.889. The largest absolute Gasteiger partial charge is 0.380 e. The molecule has 0 unspecified atom stereocenters. The number of thiazole rings is 1. The van der Waals surface area contributed by atoms with E-state index in [0.29, 0.717) is 19.5 Å². The van der Waals surface area contributed by atoms with Gasteiger partial charge in [-0.05, 0) is 37.6 Å². The first-order valence-corrected chi connectivity index (χ1v) is 10.6. The molecule has 0 spiro atoms. The van der Waals surface area contributed by atoms with Crippen LogP contribution >= 0.6 is 22.7 Å². The van der Waals surface area contributed by atoms with Gasteiger partial charge in [-0.15, -0.1) is 22.7 Å². The summed E-state index contributed by atoms with van der Waals surface area (Å²) in [5, 5.41) is 27.6. The number of hydrogen-bond acceptors (Lipinski definition) is 7. The molecule has 1 aliphatic heterocycles. The van der Waals surface area contributed by atoms with Crippen molar-refractivity contribution in [2.45, 2.75) is 44.4 Å². The molecule has 1 aliphatic rings. The molecule has 0 radical (unpaired) electrons. The summed E-state index contributed by atoms with van der Waals surface area (Å²) in [7, 11) is 0. The maximum Gasteiger partial charge on any atom is 0.255 e. The highest BCUT2D eigenvalue weighted by atomic mass is 32.1. The monoisotopic (exact) mass is 409 g/mol. The van der Waals surface area contributed by atoms with Gasteiger partial charge < -0.3 is 20.4 Å². The molecule has 2 aromatic heterocycles. The lowest BCUT2D eigenvalue weighted by molar-refractivity contribution is -0.153. The molecule has 0 aromatic carbocycles. The zero-order valence-electron chi connectivity index (χ0n) is 15.0. The zero-order chi connectivity index (χ0) is 19.4. The first kappa shape index (κ1) is 19.9. The molecule has 3 heterocycles. The number of amides is 2. The predicted octanol–water partition coefficient (Wildman–Crippen LogP) is 1.26. The Morgan fingerprint density at radius 2 is 2.19 bits per heavy atom. The summed E-state index contributed by atoms with van der Waals surface area (Å²) in [5.74, 6) is -1.38. The Morgan fingerprint density at radius 1 is 1.37 bits per heavy atom. The molecule has 7 nitrogen and oxygen atoms in total. The van der Waals surface area contributed by atoms with Crippen LogP contribution in [0.2, 0.25) is 0 Å². The van der Waals surface area contributed by atoms with Crippen LogP contribution in [0.1, 0.15) is 34.5 Å². The Morgan fingerprint density at radius 3 is 2.85 bits per heavy atom. The molecule has 3 rings (SSSR count). The second kappa shape index (κ2) is 8.92. The molecule has 0 bridgehead atoms. The quantitative estimate of drug-likeness (QED) is 0.639. The lowest BCUT2D eigenvalue weighted by Crippen LogP contribution is -2.50. The molecule has 9 heteroatoms. The van der Waals surface area contributed by atoms with Crippen molar-refractivity contribution in [3.05, 3.63) is 38.5 Å². The summed E-state index contributed by atoms with van der Waals surface area (Å²) in [6, 6.07) is 3.68. The fourth-order valence-corrected chi connectivity index (χ4v) is 4.78. The predicted molar refractivity (Wildman–Crippen MR) is 104 cm³/mol. The number of hydrogen-bond donors (Lipinski definition) is 3. The van der Waals surface area contributed by atoms with Gasteiger partial charge in [-0.2, -0.15) is 0 Å². The van der Waals surface area contributed by atoms with Crippen LogP contribution in [0.5, 0.6) is 0 Å². The van der Waals surface area contributed by atoms with Crippen molar-refractivity contribution < 1.29 is 19.8 Å². The van der Waals surface area contributed by atoms with Crippen molar-refractivity contribution in [1.82, 2.24) is 15.2 Å². The van der Waals surface area contributed by atoms with E-state index in [1.54, 1.807) is 11.3 Å². The first-order valence-electron chi connectivity index (χ1n) is 8.86. The number of aliphatic hydroxyl groups excluding tert-OH is 2. The van der Waals surface area contributed by atoms with Crippen LogP contribution in [0.25, 0.3) is 0 Å². The minimum Gasteiger partial charge on any atom is -0.380 e. The van der Waals surface area contributed by atoms with Crippen LogP contribution in [0, 0.1) is 6.92 Å². The van der Waals surface area contributed by atoms with E-state index in [0.717, 1.165) is 28.4 Å². The third kappa shape index (κ3) is 4.73. The standard InChI is InChI=1S/C18H23N3O4S2/c1-11-10-27-17(20-11)13-5-2-8-21(13)18(25)15(23)14(22)16(24)19-7-6-12-4-3-9-26-12/h3-4,9-10,13-15,22-23H,2,5-8H2,1H3,(H,19,24)/t13-,14-,15-/m1/s1. The maximum absolute atomic E-state index is 12.7. The van der Waals surface area contributed by atoms with E-state index in [1.807, 2.05) is 29.8 Å². The molecule has 1 saturated heterocycles. The Kier molecular flexibility index (Phi) is 6.59.